The maximum atomic E-state index is 11.4. The van der Waals surface area contributed by atoms with Crippen molar-refractivity contribution >= 4 is 23.8 Å². The Balaban J connectivity index is 3.11. The fourth-order valence-corrected chi connectivity index (χ4v) is 2.31. The highest BCUT2D eigenvalue weighted by atomic mass is 16.7. The first-order chi connectivity index (χ1) is 11.1. The number of ether oxygens (including phenoxy) is 4. The zero-order valence-electron chi connectivity index (χ0n) is 13.8. The SMILES string of the molecule is CC(=O)NC1[C@H](O)OC(COC(C)=O)[C@@H](OC(C)=O)[C@@H]1OC(C)=O. The first-order valence-corrected chi connectivity index (χ1v) is 7.20. The molecule has 0 bridgehead atoms. The fraction of sp³-hybridized carbons (Fsp3) is 0.714. The monoisotopic (exact) mass is 347 g/mol. The van der Waals surface area contributed by atoms with Crippen LogP contribution in [-0.4, -0.2) is 66.2 Å². The summed E-state index contributed by atoms with van der Waals surface area (Å²) in [4.78, 5) is 45.0. The maximum Gasteiger partial charge on any atom is 0.303 e. The van der Waals surface area contributed by atoms with Gasteiger partial charge in [-0.2, -0.15) is 0 Å². The lowest BCUT2D eigenvalue weighted by molar-refractivity contribution is -0.264. The Labute approximate surface area is 138 Å². The third-order valence-electron chi connectivity index (χ3n) is 3.09. The maximum absolute atomic E-state index is 11.4. The Morgan fingerprint density at radius 1 is 0.958 bits per heavy atom. The van der Waals surface area contributed by atoms with Crippen LogP contribution in [0.3, 0.4) is 0 Å². The van der Waals surface area contributed by atoms with Gasteiger partial charge in [-0.3, -0.25) is 19.2 Å². The van der Waals surface area contributed by atoms with Gasteiger partial charge in [-0.05, 0) is 0 Å². The number of nitrogens with one attached hydrogen (secondary N) is 1. The molecule has 1 rings (SSSR count). The summed E-state index contributed by atoms with van der Waals surface area (Å²) in [6.07, 6.45) is -5.06. The normalized spacial score (nSPS) is 29.3. The van der Waals surface area contributed by atoms with Crippen molar-refractivity contribution in [2.75, 3.05) is 6.61 Å². The van der Waals surface area contributed by atoms with Crippen LogP contribution < -0.4 is 5.32 Å². The van der Waals surface area contributed by atoms with E-state index in [2.05, 4.69) is 5.32 Å². The number of carbonyl (C=O) groups excluding carboxylic acids is 4. The number of esters is 3. The first-order valence-electron chi connectivity index (χ1n) is 7.20. The van der Waals surface area contributed by atoms with E-state index >= 15 is 0 Å². The van der Waals surface area contributed by atoms with Crippen molar-refractivity contribution in [2.45, 2.75) is 58.3 Å². The van der Waals surface area contributed by atoms with Gasteiger partial charge < -0.3 is 29.4 Å². The van der Waals surface area contributed by atoms with Crippen LogP contribution in [0.25, 0.3) is 0 Å². The second-order valence-corrected chi connectivity index (χ2v) is 5.24. The minimum absolute atomic E-state index is 0.338. The van der Waals surface area contributed by atoms with Gasteiger partial charge in [0.15, 0.2) is 18.5 Å². The zero-order chi connectivity index (χ0) is 18.4. The Kier molecular flexibility index (Phi) is 7.11. The van der Waals surface area contributed by atoms with Gasteiger partial charge in [-0.15, -0.1) is 0 Å². The van der Waals surface area contributed by atoms with Crippen LogP contribution in [0.4, 0.5) is 0 Å². The molecule has 1 fully saturated rings. The molecule has 1 heterocycles. The van der Waals surface area contributed by atoms with Crippen LogP contribution in [0.1, 0.15) is 27.7 Å². The number of hydrogen-bond acceptors (Lipinski definition) is 9. The molecule has 10 heteroatoms. The lowest BCUT2D eigenvalue weighted by Crippen LogP contribution is -2.66. The second-order valence-electron chi connectivity index (χ2n) is 5.24. The van der Waals surface area contributed by atoms with E-state index in [0.717, 1.165) is 13.8 Å². The van der Waals surface area contributed by atoms with Crippen LogP contribution >= 0.6 is 0 Å². The third-order valence-corrected chi connectivity index (χ3v) is 3.09. The Hall–Kier alpha value is -2.20. The second kappa shape index (κ2) is 8.60. The molecular formula is C14H21NO9. The van der Waals surface area contributed by atoms with Gasteiger partial charge in [-0.25, -0.2) is 0 Å². The third kappa shape index (κ3) is 5.78. The van der Waals surface area contributed by atoms with E-state index in [-0.39, 0.29) is 6.61 Å². The molecule has 1 saturated heterocycles. The van der Waals surface area contributed by atoms with Crippen LogP contribution in [0.15, 0.2) is 0 Å². The van der Waals surface area contributed by atoms with Gasteiger partial charge in [0.25, 0.3) is 0 Å². The highest BCUT2D eigenvalue weighted by Gasteiger charge is 2.50. The van der Waals surface area contributed by atoms with Crippen molar-refractivity contribution in [3.8, 4) is 0 Å². The average Bonchev–Trinajstić information content (AvgIpc) is 2.42. The smallest absolute Gasteiger partial charge is 0.303 e. The molecule has 0 aromatic rings. The predicted molar refractivity (Wildman–Crippen MR) is 76.2 cm³/mol. The van der Waals surface area contributed by atoms with Crippen molar-refractivity contribution in [3.05, 3.63) is 0 Å². The van der Waals surface area contributed by atoms with Gasteiger partial charge in [0.2, 0.25) is 5.91 Å². The summed E-state index contributed by atoms with van der Waals surface area (Å²) in [5.41, 5.74) is 0. The summed E-state index contributed by atoms with van der Waals surface area (Å²) < 4.78 is 20.3. The lowest BCUT2D eigenvalue weighted by atomic mass is 9.96. The lowest BCUT2D eigenvalue weighted by Gasteiger charge is -2.43. The summed E-state index contributed by atoms with van der Waals surface area (Å²) in [6, 6.07) is -1.16. The van der Waals surface area contributed by atoms with Crippen molar-refractivity contribution in [2.24, 2.45) is 0 Å². The topological polar surface area (TPSA) is 137 Å². The van der Waals surface area contributed by atoms with Gasteiger partial charge in [-0.1, -0.05) is 0 Å². The minimum atomic E-state index is -1.56. The molecule has 0 radical (unpaired) electrons. The highest BCUT2D eigenvalue weighted by Crippen LogP contribution is 2.26. The molecule has 24 heavy (non-hydrogen) atoms. The molecule has 0 aliphatic carbocycles. The number of amides is 1. The summed E-state index contributed by atoms with van der Waals surface area (Å²) >= 11 is 0. The van der Waals surface area contributed by atoms with Gasteiger partial charge in [0.1, 0.15) is 18.8 Å². The Morgan fingerprint density at radius 2 is 1.50 bits per heavy atom. The summed E-state index contributed by atoms with van der Waals surface area (Å²) in [5.74, 6) is -2.54. The number of hydrogen-bond donors (Lipinski definition) is 2. The number of carbonyl (C=O) groups is 4. The van der Waals surface area contributed by atoms with E-state index in [1.54, 1.807) is 0 Å². The van der Waals surface area contributed by atoms with Crippen LogP contribution in [0.5, 0.6) is 0 Å². The molecule has 0 saturated carbocycles. The number of rotatable bonds is 5. The Morgan fingerprint density at radius 3 is 1.96 bits per heavy atom. The van der Waals surface area contributed by atoms with E-state index in [4.69, 9.17) is 18.9 Å². The van der Waals surface area contributed by atoms with E-state index in [9.17, 15) is 24.3 Å². The standard InChI is InChI=1S/C14H21NO9/c1-6(16)15-11-13(23-9(4)19)12(22-8(3)18)10(24-14(11)20)5-21-7(2)17/h10-14,20H,5H2,1-4H3,(H,15,16)/t10?,11?,12-,13-,14-/m1/s1. The van der Waals surface area contributed by atoms with Crippen LogP contribution in [-0.2, 0) is 38.1 Å². The van der Waals surface area contributed by atoms with Gasteiger partial charge in [0.05, 0.1) is 0 Å². The van der Waals surface area contributed by atoms with Gasteiger partial charge in [0, 0.05) is 27.7 Å². The van der Waals surface area contributed by atoms with E-state index in [1.807, 2.05) is 0 Å². The average molecular weight is 347 g/mol. The fourth-order valence-electron chi connectivity index (χ4n) is 2.31. The van der Waals surface area contributed by atoms with Gasteiger partial charge >= 0.3 is 17.9 Å². The Bertz CT molecular complexity index is 506. The summed E-state index contributed by atoms with van der Waals surface area (Å²) in [7, 11) is 0. The van der Waals surface area contributed by atoms with Crippen molar-refractivity contribution in [3.63, 3.8) is 0 Å². The van der Waals surface area contributed by atoms with E-state index in [1.165, 1.54) is 13.8 Å². The molecule has 0 aromatic carbocycles. The molecular weight excluding hydrogens is 326 g/mol. The van der Waals surface area contributed by atoms with Crippen molar-refractivity contribution in [1.29, 1.82) is 0 Å². The molecule has 1 aliphatic rings. The molecule has 2 unspecified atom stereocenters. The molecule has 0 spiro atoms. The molecule has 136 valence electrons. The van der Waals surface area contributed by atoms with Crippen molar-refractivity contribution in [1.82, 2.24) is 5.32 Å². The largest absolute Gasteiger partial charge is 0.463 e. The molecule has 1 amide bonds. The molecule has 0 aromatic heterocycles. The predicted octanol–water partition coefficient (Wildman–Crippen LogP) is -1.37. The first kappa shape index (κ1) is 19.8. The number of aliphatic hydroxyl groups is 1. The zero-order valence-corrected chi connectivity index (χ0v) is 13.8. The number of aliphatic hydroxyl groups excluding tert-OH is 1. The minimum Gasteiger partial charge on any atom is -0.463 e. The molecule has 5 atom stereocenters. The van der Waals surface area contributed by atoms with Crippen LogP contribution in [0.2, 0.25) is 0 Å². The van der Waals surface area contributed by atoms with Crippen molar-refractivity contribution < 1.29 is 43.2 Å². The summed E-state index contributed by atoms with van der Waals surface area (Å²) in [6.45, 7) is 4.28. The molecule has 10 nitrogen and oxygen atoms in total. The quantitative estimate of drug-likeness (QED) is 0.456. The molecule has 2 N–H and O–H groups in total. The molecule has 1 aliphatic heterocycles. The van der Waals surface area contributed by atoms with E-state index < -0.39 is 54.5 Å². The van der Waals surface area contributed by atoms with Crippen LogP contribution in [0, 0.1) is 0 Å². The highest BCUT2D eigenvalue weighted by molar-refractivity contribution is 5.73. The van der Waals surface area contributed by atoms with E-state index in [0.29, 0.717) is 0 Å². The summed E-state index contributed by atoms with van der Waals surface area (Å²) in [5, 5.41) is 12.5.